The second-order valence-electron chi connectivity index (χ2n) is 17.4. The van der Waals surface area contributed by atoms with E-state index >= 15 is 0 Å². The van der Waals surface area contributed by atoms with Crippen LogP contribution in [0.1, 0.15) is 67.7 Å². The fourth-order valence-electron chi connectivity index (χ4n) is 9.25. The molecule has 312 valence electrons. The summed E-state index contributed by atoms with van der Waals surface area (Å²) in [5.74, 6) is 0.552. The van der Waals surface area contributed by atoms with Crippen molar-refractivity contribution < 1.29 is 19.1 Å². The highest BCUT2D eigenvalue weighted by Crippen LogP contribution is 2.36. The third-order valence-electron chi connectivity index (χ3n) is 12.3. The van der Waals surface area contributed by atoms with Gasteiger partial charge in [0.25, 0.3) is 0 Å². The molecule has 0 aromatic heterocycles. The molecule has 10 heteroatoms. The van der Waals surface area contributed by atoms with E-state index in [9.17, 15) is 14.4 Å². The Morgan fingerprint density at radius 2 is 1.02 bits per heavy atom. The van der Waals surface area contributed by atoms with Gasteiger partial charge in [-0.1, -0.05) is 97.1 Å². The summed E-state index contributed by atoms with van der Waals surface area (Å²) < 4.78 is 5.67. The van der Waals surface area contributed by atoms with Crippen molar-refractivity contribution >= 4 is 29.3 Å². The number of ether oxygens (including phenoxy) is 1. The molecule has 4 heterocycles. The van der Waals surface area contributed by atoms with Gasteiger partial charge in [-0.2, -0.15) is 0 Å². The van der Waals surface area contributed by atoms with Crippen LogP contribution >= 0.6 is 0 Å². The van der Waals surface area contributed by atoms with Gasteiger partial charge in [-0.15, -0.1) is 0 Å². The van der Waals surface area contributed by atoms with Gasteiger partial charge >= 0.3 is 6.09 Å². The summed E-state index contributed by atoms with van der Waals surface area (Å²) in [6.45, 7) is 17.5. The lowest BCUT2D eigenvalue weighted by molar-refractivity contribution is -0.136. The summed E-state index contributed by atoms with van der Waals surface area (Å²) in [5.41, 5.74) is 6.83. The molecule has 59 heavy (non-hydrogen) atoms. The highest BCUT2D eigenvalue weighted by atomic mass is 16.6. The number of carbonyl (C=O) groups excluding carboxylic acids is 3. The predicted molar refractivity (Wildman–Crippen MR) is 236 cm³/mol. The summed E-state index contributed by atoms with van der Waals surface area (Å²) in [4.78, 5) is 50.4. The first-order valence-electron chi connectivity index (χ1n) is 21.5. The van der Waals surface area contributed by atoms with Crippen molar-refractivity contribution in [2.45, 2.75) is 77.0 Å². The Bertz CT molecular complexity index is 2020. The molecule has 4 aliphatic heterocycles. The molecule has 4 aliphatic rings. The zero-order valence-electron chi connectivity index (χ0n) is 35.6. The Labute approximate surface area is 351 Å². The second kappa shape index (κ2) is 18.7. The van der Waals surface area contributed by atoms with Crippen LogP contribution in [0.2, 0.25) is 0 Å². The molecular weight excluding hydrogens is 737 g/mol. The lowest BCUT2D eigenvalue weighted by Crippen LogP contribution is -2.56. The Morgan fingerprint density at radius 3 is 1.51 bits per heavy atom. The van der Waals surface area contributed by atoms with E-state index in [2.05, 4.69) is 108 Å². The molecule has 4 atom stereocenters. The van der Waals surface area contributed by atoms with E-state index < -0.39 is 17.7 Å². The van der Waals surface area contributed by atoms with E-state index in [0.29, 0.717) is 19.6 Å². The number of benzene rings is 4. The van der Waals surface area contributed by atoms with Crippen molar-refractivity contribution in [3.63, 3.8) is 0 Å². The Hall–Kier alpha value is -5.35. The van der Waals surface area contributed by atoms with Gasteiger partial charge in [0, 0.05) is 82.1 Å². The molecule has 0 unspecified atom stereocenters. The third-order valence-corrected chi connectivity index (χ3v) is 12.3. The number of nitrogens with one attached hydrogen (secondary N) is 1. The number of aryl methyl sites for hydroxylation is 2. The van der Waals surface area contributed by atoms with Crippen molar-refractivity contribution in [2.24, 2.45) is 0 Å². The third kappa shape index (κ3) is 9.93. The Balaban J connectivity index is 0.000000184. The van der Waals surface area contributed by atoms with Crippen LogP contribution in [0.15, 0.2) is 109 Å². The lowest BCUT2D eigenvalue weighted by Gasteiger charge is -2.39. The maximum absolute atomic E-state index is 13.8. The number of para-hydroxylation sites is 2. The zero-order valence-corrected chi connectivity index (χ0v) is 35.6. The smallest absolute Gasteiger partial charge is 0.410 e. The quantitative estimate of drug-likeness (QED) is 0.221. The number of amides is 3. The Morgan fingerprint density at radius 1 is 0.559 bits per heavy atom. The van der Waals surface area contributed by atoms with Crippen LogP contribution in [-0.4, -0.2) is 116 Å². The first-order chi connectivity index (χ1) is 28.5. The van der Waals surface area contributed by atoms with Gasteiger partial charge in [-0.3, -0.25) is 14.5 Å². The molecule has 1 N–H and O–H groups in total. The number of hydrogen-bond acceptors (Lipinski definition) is 7. The van der Waals surface area contributed by atoms with E-state index in [1.807, 2.05) is 60.9 Å². The summed E-state index contributed by atoms with van der Waals surface area (Å²) in [7, 11) is 0. The molecule has 4 saturated heterocycles. The standard InChI is InChI=1S/C27H35N3O3.C22H27N3O/c1-20-10-8-9-13-23(20)28-16-18-29(19-17-28)25(31)24-22(21-11-6-5-7-12-21)14-15-30(24)26(32)33-27(2,3)4;1-17-7-5-6-10-20(17)24-13-15-25(16-14-24)22(26)21-19(11-12-23-21)18-8-3-2-4-9-18/h5-13,22,24H,14-19H2,1-4H3;2-10,19,21,23H,11-16H2,1H3/t22-,24+;19-,21+/m11/s1. The molecule has 4 aromatic rings. The molecule has 10 nitrogen and oxygen atoms in total. The van der Waals surface area contributed by atoms with Crippen molar-refractivity contribution in [1.29, 1.82) is 0 Å². The van der Waals surface area contributed by atoms with Gasteiger partial charge in [0.05, 0.1) is 6.04 Å². The van der Waals surface area contributed by atoms with Gasteiger partial charge in [0.2, 0.25) is 11.8 Å². The SMILES string of the molecule is Cc1ccccc1N1CCN(C(=O)[C@@H]2[C@@H](c3ccccc3)CCN2C(=O)OC(C)(C)C)CC1.Cc1ccccc1N1CCN(C(=O)[C@H]2NCC[C@@H]2c2ccccc2)CC1. The van der Waals surface area contributed by atoms with Crippen molar-refractivity contribution in [1.82, 2.24) is 20.0 Å². The monoisotopic (exact) mass is 798 g/mol. The Kier molecular flexibility index (Phi) is 13.3. The number of nitrogens with zero attached hydrogens (tertiary/aromatic N) is 5. The van der Waals surface area contributed by atoms with Gasteiger partial charge in [0.15, 0.2) is 0 Å². The largest absolute Gasteiger partial charge is 0.444 e. The summed E-state index contributed by atoms with van der Waals surface area (Å²) in [5, 5.41) is 3.45. The minimum Gasteiger partial charge on any atom is -0.444 e. The molecule has 0 spiro atoms. The molecule has 4 aromatic carbocycles. The number of piperazine rings is 2. The number of anilines is 2. The highest BCUT2D eigenvalue weighted by molar-refractivity contribution is 5.88. The second-order valence-corrected chi connectivity index (χ2v) is 17.4. The fourth-order valence-corrected chi connectivity index (χ4v) is 9.25. The van der Waals surface area contributed by atoms with Crippen molar-refractivity contribution in [2.75, 3.05) is 75.2 Å². The number of carbonyl (C=O) groups is 3. The highest BCUT2D eigenvalue weighted by Gasteiger charge is 2.46. The maximum atomic E-state index is 13.8. The van der Waals surface area contributed by atoms with E-state index in [1.165, 1.54) is 28.1 Å². The minimum atomic E-state index is -0.602. The van der Waals surface area contributed by atoms with Crippen molar-refractivity contribution in [3.8, 4) is 0 Å². The van der Waals surface area contributed by atoms with Gasteiger partial charge in [-0.05, 0) is 88.4 Å². The van der Waals surface area contributed by atoms with E-state index in [4.69, 9.17) is 4.74 Å². The average molecular weight is 799 g/mol. The molecule has 0 bridgehead atoms. The summed E-state index contributed by atoms with van der Waals surface area (Å²) in [6, 6.07) is 36.8. The van der Waals surface area contributed by atoms with E-state index in [1.54, 1.807) is 4.90 Å². The van der Waals surface area contributed by atoms with Crippen LogP contribution in [-0.2, 0) is 14.3 Å². The van der Waals surface area contributed by atoms with Gasteiger partial charge in [-0.25, -0.2) is 4.79 Å². The predicted octanol–water partition coefficient (Wildman–Crippen LogP) is 7.23. The molecule has 0 radical (unpaired) electrons. The van der Waals surface area contributed by atoms with Crippen LogP contribution < -0.4 is 15.1 Å². The van der Waals surface area contributed by atoms with Crippen LogP contribution in [0.4, 0.5) is 16.2 Å². The molecule has 8 rings (SSSR count). The normalized spacial score (nSPS) is 22.2. The molecule has 0 aliphatic carbocycles. The maximum Gasteiger partial charge on any atom is 0.410 e. The van der Waals surface area contributed by atoms with E-state index in [0.717, 1.165) is 64.2 Å². The number of likely N-dealkylation sites (tertiary alicyclic amines) is 1. The van der Waals surface area contributed by atoms with E-state index in [-0.39, 0.29) is 29.7 Å². The van der Waals surface area contributed by atoms with Crippen LogP contribution in [0, 0.1) is 13.8 Å². The molecule has 4 fully saturated rings. The van der Waals surface area contributed by atoms with Crippen LogP contribution in [0.25, 0.3) is 0 Å². The molecular formula is C49H62N6O4. The van der Waals surface area contributed by atoms with Gasteiger partial charge < -0.3 is 29.7 Å². The first-order valence-corrected chi connectivity index (χ1v) is 21.5. The van der Waals surface area contributed by atoms with Crippen molar-refractivity contribution in [3.05, 3.63) is 131 Å². The molecule has 3 amide bonds. The van der Waals surface area contributed by atoms with Crippen LogP contribution in [0.3, 0.4) is 0 Å². The topological polar surface area (TPSA) is 88.7 Å². The summed E-state index contributed by atoms with van der Waals surface area (Å²) in [6.07, 6.45) is 1.38. The lowest BCUT2D eigenvalue weighted by atomic mass is 9.90. The van der Waals surface area contributed by atoms with Crippen LogP contribution in [0.5, 0.6) is 0 Å². The fraction of sp³-hybridized carbons (Fsp3) is 0.449. The first kappa shape index (κ1) is 41.8. The zero-order chi connectivity index (χ0) is 41.5. The number of hydrogen-bond donors (Lipinski definition) is 1. The number of rotatable bonds is 6. The van der Waals surface area contributed by atoms with Gasteiger partial charge in [0.1, 0.15) is 11.6 Å². The minimum absolute atomic E-state index is 0.0247. The average Bonchev–Trinajstić information content (AvgIpc) is 3.93. The summed E-state index contributed by atoms with van der Waals surface area (Å²) >= 11 is 0. The molecule has 0 saturated carbocycles.